The van der Waals surface area contributed by atoms with Gasteiger partial charge in [-0.15, -0.1) is 0 Å². The highest BCUT2D eigenvalue weighted by Gasteiger charge is 2.33. The molecule has 7 heteroatoms. The number of anilines is 1. The molecule has 0 spiro atoms. The molecule has 3 amide bonds. The minimum atomic E-state index is -0.672. The number of carbonyl (C=O) groups excluding carboxylic acids is 2. The van der Waals surface area contributed by atoms with Gasteiger partial charge in [0.2, 0.25) is 0 Å². The maximum atomic E-state index is 13.2. The average Bonchev–Trinajstić information content (AvgIpc) is 2.69. The Balaban J connectivity index is 2.02. The maximum Gasteiger partial charge on any atom is 0.319 e. The number of methoxy groups -OCH3 is 2. The molecule has 1 atom stereocenters. The van der Waals surface area contributed by atoms with Gasteiger partial charge in [0.15, 0.2) is 0 Å². The van der Waals surface area contributed by atoms with E-state index in [1.54, 1.807) is 32.2 Å². The highest BCUT2D eigenvalue weighted by atomic mass is 16.5. The number of urea groups is 1. The van der Waals surface area contributed by atoms with Crippen molar-refractivity contribution in [3.63, 3.8) is 0 Å². The summed E-state index contributed by atoms with van der Waals surface area (Å²) in [5, 5.41) is 8.49. The number of allylic oxidation sites excluding steroid dienone is 1. The van der Waals surface area contributed by atoms with Gasteiger partial charge in [0.25, 0.3) is 5.91 Å². The molecule has 0 saturated carbocycles. The predicted molar refractivity (Wildman–Crippen MR) is 111 cm³/mol. The molecule has 3 N–H and O–H groups in total. The molecule has 3 rings (SSSR count). The second-order valence-electron chi connectivity index (χ2n) is 6.95. The Morgan fingerprint density at radius 3 is 2.48 bits per heavy atom. The average molecular weight is 395 g/mol. The number of carbonyl (C=O) groups is 2. The summed E-state index contributed by atoms with van der Waals surface area (Å²) in [5.41, 5.74) is 4.28. The van der Waals surface area contributed by atoms with E-state index < -0.39 is 6.04 Å². The minimum Gasteiger partial charge on any atom is -0.497 e. The van der Waals surface area contributed by atoms with Gasteiger partial charge >= 0.3 is 6.03 Å². The van der Waals surface area contributed by atoms with Gasteiger partial charge in [-0.25, -0.2) is 4.79 Å². The van der Waals surface area contributed by atoms with Crippen LogP contribution < -0.4 is 25.4 Å². The first-order chi connectivity index (χ1) is 13.8. The van der Waals surface area contributed by atoms with Crippen LogP contribution >= 0.6 is 0 Å². The van der Waals surface area contributed by atoms with E-state index in [2.05, 4.69) is 16.0 Å². The van der Waals surface area contributed by atoms with Crippen molar-refractivity contribution in [1.82, 2.24) is 10.6 Å². The van der Waals surface area contributed by atoms with E-state index in [1.807, 2.05) is 32.0 Å². The summed E-state index contributed by atoms with van der Waals surface area (Å²) in [4.78, 5) is 25.4. The largest absolute Gasteiger partial charge is 0.497 e. The molecule has 0 aromatic heterocycles. The molecule has 1 unspecified atom stereocenters. The van der Waals surface area contributed by atoms with Gasteiger partial charge in [-0.05, 0) is 50.1 Å². The monoisotopic (exact) mass is 395 g/mol. The summed E-state index contributed by atoms with van der Waals surface area (Å²) >= 11 is 0. The highest BCUT2D eigenvalue weighted by Crippen LogP contribution is 2.35. The minimum absolute atomic E-state index is 0.299. The number of rotatable bonds is 5. The van der Waals surface area contributed by atoms with Crippen LogP contribution in [-0.2, 0) is 4.79 Å². The third-order valence-corrected chi connectivity index (χ3v) is 4.91. The lowest BCUT2D eigenvalue weighted by Gasteiger charge is -2.29. The van der Waals surface area contributed by atoms with Gasteiger partial charge < -0.3 is 25.4 Å². The van der Waals surface area contributed by atoms with Crippen molar-refractivity contribution < 1.29 is 19.1 Å². The lowest BCUT2D eigenvalue weighted by Crippen LogP contribution is -2.46. The van der Waals surface area contributed by atoms with E-state index >= 15 is 0 Å². The van der Waals surface area contributed by atoms with Gasteiger partial charge in [-0.3, -0.25) is 4.79 Å². The summed E-state index contributed by atoms with van der Waals surface area (Å²) in [6, 6.07) is 10.1. The summed E-state index contributed by atoms with van der Waals surface area (Å²) < 4.78 is 10.7. The molecule has 0 aliphatic carbocycles. The number of benzene rings is 2. The second kappa shape index (κ2) is 8.26. The summed E-state index contributed by atoms with van der Waals surface area (Å²) in [6.07, 6.45) is 0. The van der Waals surface area contributed by atoms with Crippen LogP contribution in [0.3, 0.4) is 0 Å². The van der Waals surface area contributed by atoms with Crippen molar-refractivity contribution in [2.75, 3.05) is 19.5 Å². The quantitative estimate of drug-likeness (QED) is 0.722. The van der Waals surface area contributed by atoms with E-state index in [0.29, 0.717) is 28.3 Å². The zero-order chi connectivity index (χ0) is 21.1. The van der Waals surface area contributed by atoms with Crippen molar-refractivity contribution in [2.24, 2.45) is 0 Å². The van der Waals surface area contributed by atoms with E-state index in [1.165, 1.54) is 7.11 Å². The molecular weight excluding hydrogens is 370 g/mol. The predicted octanol–water partition coefficient (Wildman–Crippen LogP) is 3.59. The van der Waals surface area contributed by atoms with Gasteiger partial charge in [0.05, 0.1) is 25.8 Å². The molecule has 1 aliphatic rings. The Morgan fingerprint density at radius 2 is 1.79 bits per heavy atom. The van der Waals surface area contributed by atoms with Crippen LogP contribution in [0.15, 0.2) is 47.7 Å². The fourth-order valence-electron chi connectivity index (χ4n) is 3.35. The summed E-state index contributed by atoms with van der Waals surface area (Å²) in [6.45, 7) is 5.61. The molecule has 0 radical (unpaired) electrons. The van der Waals surface area contributed by atoms with Crippen molar-refractivity contribution in [2.45, 2.75) is 26.8 Å². The van der Waals surface area contributed by atoms with Crippen molar-refractivity contribution in [3.8, 4) is 11.5 Å². The highest BCUT2D eigenvalue weighted by molar-refractivity contribution is 6.07. The lowest BCUT2D eigenvalue weighted by molar-refractivity contribution is -0.113. The van der Waals surface area contributed by atoms with Crippen LogP contribution in [0.4, 0.5) is 10.5 Å². The van der Waals surface area contributed by atoms with Crippen LogP contribution in [0.1, 0.15) is 29.7 Å². The molecule has 0 fully saturated rings. The van der Waals surface area contributed by atoms with E-state index in [9.17, 15) is 9.59 Å². The van der Waals surface area contributed by atoms with Crippen molar-refractivity contribution in [3.05, 3.63) is 64.4 Å². The molecule has 0 bridgehead atoms. The fourth-order valence-corrected chi connectivity index (χ4v) is 3.35. The van der Waals surface area contributed by atoms with Crippen LogP contribution in [0, 0.1) is 13.8 Å². The lowest BCUT2D eigenvalue weighted by atomic mass is 9.93. The Hall–Kier alpha value is -3.48. The van der Waals surface area contributed by atoms with E-state index in [-0.39, 0.29) is 11.9 Å². The summed E-state index contributed by atoms with van der Waals surface area (Å²) in [5.74, 6) is 0.834. The van der Waals surface area contributed by atoms with Crippen LogP contribution in [0.25, 0.3) is 0 Å². The molecule has 7 nitrogen and oxygen atoms in total. The molecule has 152 valence electrons. The smallest absolute Gasteiger partial charge is 0.319 e. The molecule has 1 aliphatic heterocycles. The maximum absolute atomic E-state index is 13.2. The van der Waals surface area contributed by atoms with Crippen molar-refractivity contribution >= 4 is 17.6 Å². The molecule has 0 saturated heterocycles. The van der Waals surface area contributed by atoms with E-state index in [4.69, 9.17) is 9.47 Å². The fraction of sp³-hybridized carbons (Fsp3) is 0.273. The third-order valence-electron chi connectivity index (χ3n) is 4.91. The van der Waals surface area contributed by atoms with E-state index in [0.717, 1.165) is 16.8 Å². The standard InChI is InChI=1S/C22H25N3O4/c1-12-6-7-13(2)17(10-12)24-21(26)19-14(3)23-22(27)25-20(19)16-9-8-15(28-4)11-18(16)29-5/h6-11,20H,1-5H3,(H,24,26)(H2,23,25,27). The number of amides is 3. The van der Waals surface area contributed by atoms with Gasteiger partial charge in [0, 0.05) is 23.0 Å². The number of hydrogen-bond donors (Lipinski definition) is 3. The van der Waals surface area contributed by atoms with Crippen molar-refractivity contribution in [1.29, 1.82) is 0 Å². The molecule has 2 aromatic carbocycles. The van der Waals surface area contributed by atoms with Gasteiger partial charge in [0.1, 0.15) is 11.5 Å². The molecule has 2 aromatic rings. The normalized spacial score (nSPS) is 16.0. The zero-order valence-corrected chi connectivity index (χ0v) is 17.2. The molecule has 1 heterocycles. The topological polar surface area (TPSA) is 88.7 Å². The number of hydrogen-bond acceptors (Lipinski definition) is 4. The number of ether oxygens (including phenoxy) is 2. The Kier molecular flexibility index (Phi) is 5.77. The first-order valence-electron chi connectivity index (χ1n) is 9.23. The number of nitrogens with one attached hydrogen (secondary N) is 3. The van der Waals surface area contributed by atoms with Crippen LogP contribution in [0.5, 0.6) is 11.5 Å². The first kappa shape index (κ1) is 20.3. The Bertz CT molecular complexity index is 998. The Labute approximate surface area is 170 Å². The van der Waals surface area contributed by atoms with Crippen LogP contribution in [-0.4, -0.2) is 26.2 Å². The number of aryl methyl sites for hydroxylation is 2. The summed E-state index contributed by atoms with van der Waals surface area (Å²) in [7, 11) is 3.10. The zero-order valence-electron chi connectivity index (χ0n) is 17.2. The second-order valence-corrected chi connectivity index (χ2v) is 6.95. The SMILES string of the molecule is COc1ccc(C2NC(=O)NC(C)=C2C(=O)Nc2cc(C)ccc2C)c(OC)c1. The Morgan fingerprint density at radius 1 is 1.03 bits per heavy atom. The van der Waals surface area contributed by atoms with Crippen LogP contribution in [0.2, 0.25) is 0 Å². The molecule has 29 heavy (non-hydrogen) atoms. The van der Waals surface area contributed by atoms with Gasteiger partial charge in [-0.2, -0.15) is 0 Å². The third kappa shape index (κ3) is 4.18. The first-order valence-corrected chi connectivity index (χ1v) is 9.23. The molecular formula is C22H25N3O4. The van der Waals surface area contributed by atoms with Gasteiger partial charge in [-0.1, -0.05) is 12.1 Å².